The fraction of sp³-hybridized carbons (Fsp3) is 0.500. The first kappa shape index (κ1) is 18.1. The Balaban J connectivity index is 1.34. The summed E-state index contributed by atoms with van der Waals surface area (Å²) >= 11 is 0. The standard InChI is InChI=1S/C20H24F2N4O/c21-20(22)11-16(12-20)24-19(27)10-18-14-25(13-17-6-8-23-26(17)18)9-7-15-4-2-1-3-5-15/h1-6,8,16,18H,7,9-14H2,(H,24,27)/t18-/m1/s1. The van der Waals surface area contributed by atoms with Crippen molar-refractivity contribution >= 4 is 5.91 Å². The average Bonchev–Trinajstić information content (AvgIpc) is 3.08. The number of amides is 1. The second-order valence-electron chi connectivity index (χ2n) is 7.62. The van der Waals surface area contributed by atoms with Gasteiger partial charge in [-0.1, -0.05) is 30.3 Å². The van der Waals surface area contributed by atoms with E-state index in [1.54, 1.807) is 6.20 Å². The second-order valence-corrected chi connectivity index (χ2v) is 7.62. The van der Waals surface area contributed by atoms with Crippen molar-refractivity contribution in [3.63, 3.8) is 0 Å². The Labute approximate surface area is 157 Å². The molecule has 0 unspecified atom stereocenters. The molecular weight excluding hydrogens is 350 g/mol. The van der Waals surface area contributed by atoms with Crippen LogP contribution in [-0.4, -0.2) is 45.6 Å². The molecule has 1 aromatic heterocycles. The van der Waals surface area contributed by atoms with Gasteiger partial charge in [0.25, 0.3) is 5.92 Å². The molecule has 1 fully saturated rings. The second kappa shape index (κ2) is 7.38. The van der Waals surface area contributed by atoms with Crippen molar-refractivity contribution in [2.45, 2.75) is 50.2 Å². The molecule has 1 aromatic carbocycles. The van der Waals surface area contributed by atoms with E-state index in [-0.39, 0.29) is 31.2 Å². The fourth-order valence-electron chi connectivity index (χ4n) is 3.98. The van der Waals surface area contributed by atoms with Crippen LogP contribution in [0.1, 0.15) is 36.6 Å². The maximum absolute atomic E-state index is 13.0. The highest BCUT2D eigenvalue weighted by atomic mass is 19.3. The van der Waals surface area contributed by atoms with Crippen LogP contribution >= 0.6 is 0 Å². The van der Waals surface area contributed by atoms with Crippen LogP contribution in [0.2, 0.25) is 0 Å². The van der Waals surface area contributed by atoms with Crippen LogP contribution in [-0.2, 0) is 17.8 Å². The Kier molecular flexibility index (Phi) is 4.95. The van der Waals surface area contributed by atoms with Gasteiger partial charge in [0.2, 0.25) is 5.91 Å². The summed E-state index contributed by atoms with van der Waals surface area (Å²) in [5, 5.41) is 7.11. The molecule has 0 bridgehead atoms. The van der Waals surface area contributed by atoms with Crippen LogP contribution in [0.4, 0.5) is 8.78 Å². The third-order valence-electron chi connectivity index (χ3n) is 5.39. The Morgan fingerprint density at radius 1 is 1.22 bits per heavy atom. The van der Waals surface area contributed by atoms with E-state index < -0.39 is 12.0 Å². The molecule has 2 aliphatic rings. The summed E-state index contributed by atoms with van der Waals surface area (Å²) in [4.78, 5) is 14.7. The summed E-state index contributed by atoms with van der Waals surface area (Å²) in [6.45, 7) is 2.44. The number of hydrogen-bond donors (Lipinski definition) is 1. The van der Waals surface area contributed by atoms with E-state index in [2.05, 4.69) is 27.4 Å². The number of halogens is 2. The lowest BCUT2D eigenvalue weighted by atomic mass is 9.88. The monoisotopic (exact) mass is 374 g/mol. The maximum atomic E-state index is 13.0. The molecule has 1 saturated carbocycles. The van der Waals surface area contributed by atoms with E-state index in [1.165, 1.54) is 5.56 Å². The number of nitrogens with one attached hydrogen (secondary N) is 1. The number of alkyl halides is 2. The maximum Gasteiger partial charge on any atom is 0.252 e. The van der Waals surface area contributed by atoms with Gasteiger partial charge in [0.15, 0.2) is 0 Å². The molecule has 2 heterocycles. The quantitative estimate of drug-likeness (QED) is 0.846. The van der Waals surface area contributed by atoms with E-state index in [9.17, 15) is 13.6 Å². The minimum atomic E-state index is -2.62. The Morgan fingerprint density at radius 2 is 2.00 bits per heavy atom. The summed E-state index contributed by atoms with van der Waals surface area (Å²) in [5.74, 6) is -2.79. The number of carbonyl (C=O) groups excluding carboxylic acids is 1. The van der Waals surface area contributed by atoms with Crippen LogP contribution < -0.4 is 5.32 Å². The third kappa shape index (κ3) is 4.35. The van der Waals surface area contributed by atoms with Gasteiger partial charge in [-0.05, 0) is 18.1 Å². The number of carbonyl (C=O) groups is 1. The Hall–Kier alpha value is -2.28. The van der Waals surface area contributed by atoms with Gasteiger partial charge >= 0.3 is 0 Å². The number of rotatable bonds is 6. The van der Waals surface area contributed by atoms with Crippen molar-refractivity contribution in [2.24, 2.45) is 0 Å². The molecule has 5 nitrogen and oxygen atoms in total. The van der Waals surface area contributed by atoms with Crippen molar-refractivity contribution in [3.8, 4) is 0 Å². The molecule has 4 rings (SSSR count). The van der Waals surface area contributed by atoms with E-state index in [4.69, 9.17) is 0 Å². The topological polar surface area (TPSA) is 50.2 Å². The molecule has 7 heteroatoms. The molecule has 0 spiro atoms. The molecule has 1 atom stereocenters. The summed E-state index contributed by atoms with van der Waals surface area (Å²) in [7, 11) is 0. The van der Waals surface area contributed by atoms with Crippen molar-refractivity contribution in [3.05, 3.63) is 53.9 Å². The van der Waals surface area contributed by atoms with Crippen molar-refractivity contribution in [2.75, 3.05) is 13.1 Å². The van der Waals surface area contributed by atoms with Crippen LogP contribution in [0.25, 0.3) is 0 Å². The molecule has 0 radical (unpaired) electrons. The molecule has 2 aromatic rings. The van der Waals surface area contributed by atoms with Crippen molar-refractivity contribution in [1.82, 2.24) is 20.0 Å². The van der Waals surface area contributed by atoms with E-state index in [0.717, 1.165) is 31.7 Å². The van der Waals surface area contributed by atoms with Gasteiger partial charge in [0, 0.05) is 44.7 Å². The van der Waals surface area contributed by atoms with Crippen LogP contribution in [0, 0.1) is 0 Å². The van der Waals surface area contributed by atoms with Gasteiger partial charge in [-0.25, -0.2) is 8.78 Å². The molecule has 1 aliphatic heterocycles. The average molecular weight is 374 g/mol. The number of benzene rings is 1. The lowest BCUT2D eigenvalue weighted by molar-refractivity contribution is -0.130. The van der Waals surface area contributed by atoms with Crippen LogP contribution in [0.3, 0.4) is 0 Å². The minimum absolute atomic E-state index is 0.0693. The van der Waals surface area contributed by atoms with Crippen molar-refractivity contribution < 1.29 is 13.6 Å². The van der Waals surface area contributed by atoms with Crippen molar-refractivity contribution in [1.29, 1.82) is 0 Å². The molecule has 27 heavy (non-hydrogen) atoms. The van der Waals surface area contributed by atoms with Gasteiger partial charge in [-0.3, -0.25) is 14.4 Å². The Bertz CT molecular complexity index is 784. The number of fused-ring (bicyclic) bond motifs is 1. The van der Waals surface area contributed by atoms with Crippen LogP contribution in [0.5, 0.6) is 0 Å². The highest BCUT2D eigenvalue weighted by Crippen LogP contribution is 2.37. The largest absolute Gasteiger partial charge is 0.353 e. The molecular formula is C20H24F2N4O. The first-order valence-electron chi connectivity index (χ1n) is 9.44. The van der Waals surface area contributed by atoms with Gasteiger partial charge in [-0.15, -0.1) is 0 Å². The zero-order chi connectivity index (χ0) is 18.9. The van der Waals surface area contributed by atoms with E-state index in [1.807, 2.05) is 28.9 Å². The highest BCUT2D eigenvalue weighted by Gasteiger charge is 2.46. The summed E-state index contributed by atoms with van der Waals surface area (Å²) in [6.07, 6.45) is 2.47. The SMILES string of the molecule is O=C(C[C@@H]1CN(CCc2ccccc2)Cc2ccnn21)NC1CC(F)(F)C1. The number of nitrogens with zero attached hydrogens (tertiary/aromatic N) is 3. The van der Waals surface area contributed by atoms with Gasteiger partial charge in [0.05, 0.1) is 18.2 Å². The first-order valence-corrected chi connectivity index (χ1v) is 9.44. The molecule has 1 amide bonds. The summed E-state index contributed by atoms with van der Waals surface area (Å²) < 4.78 is 27.8. The number of hydrogen-bond acceptors (Lipinski definition) is 3. The Morgan fingerprint density at radius 3 is 2.74 bits per heavy atom. The highest BCUT2D eigenvalue weighted by molar-refractivity contribution is 5.77. The zero-order valence-electron chi connectivity index (χ0n) is 15.2. The lowest BCUT2D eigenvalue weighted by Crippen LogP contribution is -2.51. The third-order valence-corrected chi connectivity index (χ3v) is 5.39. The fourth-order valence-corrected chi connectivity index (χ4v) is 3.98. The molecule has 0 saturated heterocycles. The van der Waals surface area contributed by atoms with E-state index in [0.29, 0.717) is 0 Å². The summed E-state index contributed by atoms with van der Waals surface area (Å²) in [5.41, 5.74) is 2.37. The van der Waals surface area contributed by atoms with Gasteiger partial charge in [0.1, 0.15) is 0 Å². The normalized spacial score (nSPS) is 22.1. The lowest BCUT2D eigenvalue weighted by Gasteiger charge is -2.37. The van der Waals surface area contributed by atoms with Gasteiger partial charge < -0.3 is 5.32 Å². The number of aromatic nitrogens is 2. The first-order chi connectivity index (χ1) is 13.0. The smallest absolute Gasteiger partial charge is 0.252 e. The predicted molar refractivity (Wildman–Crippen MR) is 97.4 cm³/mol. The van der Waals surface area contributed by atoms with Gasteiger partial charge in [-0.2, -0.15) is 5.10 Å². The predicted octanol–water partition coefficient (Wildman–Crippen LogP) is 2.79. The van der Waals surface area contributed by atoms with E-state index >= 15 is 0 Å². The molecule has 144 valence electrons. The van der Waals surface area contributed by atoms with Crippen LogP contribution in [0.15, 0.2) is 42.6 Å². The molecule has 1 N–H and O–H groups in total. The summed E-state index contributed by atoms with van der Waals surface area (Å²) in [6, 6.07) is 11.8. The molecule has 1 aliphatic carbocycles. The minimum Gasteiger partial charge on any atom is -0.353 e. The zero-order valence-corrected chi connectivity index (χ0v) is 15.2.